The average Bonchev–Trinajstić information content (AvgIpc) is 3.39. The molecule has 3 aliphatic heterocycles. The van der Waals surface area contributed by atoms with Crippen molar-refractivity contribution in [3.8, 4) is 0 Å². The minimum Gasteiger partial charge on any atom is -0.543 e. The molecule has 0 saturated carbocycles. The number of carboxylic acid groups (broad SMARTS) is 1. The second-order valence-electron chi connectivity index (χ2n) is 7.90. The molecule has 4 rings (SSSR count). The fraction of sp³-hybridized carbons (Fsp3) is 0.444. The summed E-state index contributed by atoms with van der Waals surface area (Å²) in [5.41, 5.74) is 4.43. The molecule has 18 heteroatoms. The summed E-state index contributed by atoms with van der Waals surface area (Å²) in [6, 6.07) is -1.16. The molecular weight excluding hydrogens is 547 g/mol. The molecule has 14 nitrogen and oxygen atoms in total. The molecule has 0 bridgehead atoms. The van der Waals surface area contributed by atoms with Crippen molar-refractivity contribution < 1.29 is 67.5 Å². The fourth-order valence-corrected chi connectivity index (χ4v) is 7.62. The summed E-state index contributed by atoms with van der Waals surface area (Å²) in [6.45, 7) is 0.305. The summed E-state index contributed by atoms with van der Waals surface area (Å²) >= 11 is 2.07. The van der Waals surface area contributed by atoms with Crippen LogP contribution in [0.15, 0.2) is 21.8 Å². The number of fused-ring (bicyclic) bond motifs is 1. The molecule has 4 N–H and O–H groups in total. The van der Waals surface area contributed by atoms with Gasteiger partial charge in [-0.2, -0.15) is 0 Å². The molecule has 3 amide bonds. The van der Waals surface area contributed by atoms with Crippen molar-refractivity contribution in [1.29, 1.82) is 0 Å². The number of rotatable bonds is 8. The first-order chi connectivity index (χ1) is 16.5. The molecule has 1 unspecified atom stereocenters. The zero-order valence-corrected chi connectivity index (χ0v) is 23.3. The second kappa shape index (κ2) is 11.1. The molecule has 2 fully saturated rings. The van der Waals surface area contributed by atoms with Gasteiger partial charge in [-0.05, 0) is 12.0 Å². The molecule has 0 aliphatic carbocycles. The van der Waals surface area contributed by atoms with Crippen LogP contribution in [0.2, 0.25) is 0 Å². The van der Waals surface area contributed by atoms with Gasteiger partial charge in [0.15, 0.2) is 20.7 Å². The summed E-state index contributed by atoms with van der Waals surface area (Å²) in [4.78, 5) is 54.9. The normalized spacial score (nSPS) is 22.2. The smallest absolute Gasteiger partial charge is 0.543 e. The van der Waals surface area contributed by atoms with E-state index < -0.39 is 62.1 Å². The Balaban J connectivity index is 0.00000361. The molecular formula is C18H19N6NaO8S3. The van der Waals surface area contributed by atoms with Crippen LogP contribution >= 0.6 is 23.1 Å². The number of carbonyl (C=O) groups excluding carboxylic acids is 4. The maximum Gasteiger partial charge on any atom is 1.00 e. The van der Waals surface area contributed by atoms with Gasteiger partial charge >= 0.3 is 29.6 Å². The zero-order chi connectivity index (χ0) is 25.5. The number of thioether (sulfide) groups is 1. The van der Waals surface area contributed by atoms with Crippen LogP contribution < -0.4 is 45.7 Å². The summed E-state index contributed by atoms with van der Waals surface area (Å²) in [6.07, 6.45) is 0.806. The first-order valence-electron chi connectivity index (χ1n) is 10.1. The number of aromatic nitrogens is 1. The van der Waals surface area contributed by atoms with Gasteiger partial charge in [-0.25, -0.2) is 13.4 Å². The standard InChI is InChI=1S/C18H20N6O8S3.Na/c19-18-20-9(5-34-18)11(22-30)14(26)21-12-15(27)24-13(17(28)29)8(4-33-16(12)24)6-35(31,32)7-23-3-1-2-10(23)25;/h5,12,16,30H,1-4,6-7H2,(H2,19,20)(H,21,26)(H,28,29);/q;+1/p-1/b22-11-;/t12?,16-;/m1./s1. The first-order valence-corrected chi connectivity index (χ1v) is 13.9. The van der Waals surface area contributed by atoms with E-state index in [4.69, 9.17) is 5.73 Å². The van der Waals surface area contributed by atoms with E-state index in [1.54, 1.807) is 0 Å². The van der Waals surface area contributed by atoms with E-state index in [1.807, 2.05) is 0 Å². The quantitative estimate of drug-likeness (QED) is 0.0886. The Bertz CT molecular complexity index is 1280. The van der Waals surface area contributed by atoms with E-state index in [2.05, 4.69) is 15.5 Å². The zero-order valence-electron chi connectivity index (χ0n) is 18.9. The maximum absolute atomic E-state index is 12.8. The number of aliphatic carboxylic acids is 1. The van der Waals surface area contributed by atoms with Crippen molar-refractivity contribution in [2.75, 3.05) is 29.7 Å². The number of sulfone groups is 1. The number of likely N-dealkylation sites (tertiary alicyclic amines) is 1. The Morgan fingerprint density at radius 1 is 1.36 bits per heavy atom. The van der Waals surface area contributed by atoms with Gasteiger partial charge in [0.2, 0.25) is 5.91 Å². The predicted octanol–water partition coefficient (Wildman–Crippen LogP) is -5.69. The Labute approximate surface area is 235 Å². The maximum atomic E-state index is 12.8. The van der Waals surface area contributed by atoms with Crippen LogP contribution in [0.1, 0.15) is 18.5 Å². The third-order valence-corrected chi connectivity index (χ3v) is 9.03. The number of nitrogens with zero attached hydrogens (tertiary/aromatic N) is 4. The summed E-state index contributed by atoms with van der Waals surface area (Å²) in [5, 5.41) is 27.0. The number of nitrogens with one attached hydrogen (secondary N) is 1. The predicted molar refractivity (Wildman–Crippen MR) is 122 cm³/mol. The number of thiazole rings is 1. The number of hydrogen-bond acceptors (Lipinski definition) is 13. The summed E-state index contributed by atoms with van der Waals surface area (Å²) in [7, 11) is -3.90. The largest absolute Gasteiger partial charge is 1.00 e. The molecule has 3 aliphatic rings. The topological polar surface area (TPSA) is 215 Å². The van der Waals surface area contributed by atoms with Crippen LogP contribution in [0.4, 0.5) is 5.13 Å². The molecule has 2 saturated heterocycles. The number of carboxylic acids is 1. The Morgan fingerprint density at radius 3 is 2.64 bits per heavy atom. The fourth-order valence-electron chi connectivity index (χ4n) is 3.99. The van der Waals surface area contributed by atoms with Crippen LogP contribution in [0.3, 0.4) is 0 Å². The van der Waals surface area contributed by atoms with E-state index in [-0.39, 0.29) is 64.0 Å². The summed E-state index contributed by atoms with van der Waals surface area (Å²) < 4.78 is 25.3. The SMILES string of the molecule is Nc1nc(/C(=N/O)C(=O)NC2C(=O)N3C(C(=O)[O-])=C(CS(=O)(=O)CN4CCCC4=O)CS[C@H]23)cs1.[Na+]. The van der Waals surface area contributed by atoms with Gasteiger partial charge in [0.25, 0.3) is 11.8 Å². The van der Waals surface area contributed by atoms with Crippen LogP contribution in [0.25, 0.3) is 0 Å². The molecule has 36 heavy (non-hydrogen) atoms. The third kappa shape index (κ3) is 5.55. The van der Waals surface area contributed by atoms with Crippen molar-refractivity contribution in [3.05, 3.63) is 22.3 Å². The molecule has 1 aromatic heterocycles. The van der Waals surface area contributed by atoms with Crippen molar-refractivity contribution in [2.24, 2.45) is 5.16 Å². The van der Waals surface area contributed by atoms with E-state index in [0.717, 1.165) is 28.0 Å². The second-order valence-corrected chi connectivity index (χ2v) is 11.9. The molecule has 2 atom stereocenters. The van der Waals surface area contributed by atoms with E-state index in [0.29, 0.717) is 13.0 Å². The molecule has 0 radical (unpaired) electrons. The van der Waals surface area contributed by atoms with Gasteiger partial charge in [0.1, 0.15) is 23.0 Å². The van der Waals surface area contributed by atoms with Crippen molar-refractivity contribution in [2.45, 2.75) is 24.3 Å². The number of oxime groups is 1. The van der Waals surface area contributed by atoms with Gasteiger partial charge in [0, 0.05) is 24.1 Å². The minimum atomic E-state index is -3.90. The minimum absolute atomic E-state index is 0. The number of nitrogen functional groups attached to an aromatic ring is 1. The van der Waals surface area contributed by atoms with Crippen molar-refractivity contribution in [3.63, 3.8) is 0 Å². The van der Waals surface area contributed by atoms with E-state index >= 15 is 0 Å². The molecule has 0 aromatic carbocycles. The molecule has 4 heterocycles. The van der Waals surface area contributed by atoms with Crippen molar-refractivity contribution in [1.82, 2.24) is 20.1 Å². The van der Waals surface area contributed by atoms with E-state index in [1.165, 1.54) is 10.3 Å². The van der Waals surface area contributed by atoms with Gasteiger partial charge in [0.05, 0.1) is 17.4 Å². The van der Waals surface area contributed by atoms with Crippen LogP contribution in [-0.2, 0) is 29.0 Å². The summed E-state index contributed by atoms with van der Waals surface area (Å²) in [5.74, 6) is -5.00. The Hall–Kier alpha value is -2.18. The van der Waals surface area contributed by atoms with Gasteiger partial charge in [-0.15, -0.1) is 23.1 Å². The van der Waals surface area contributed by atoms with E-state index in [9.17, 15) is 37.9 Å². The number of nitrogens with two attached hydrogens (primary N) is 1. The van der Waals surface area contributed by atoms with Gasteiger partial charge in [-0.3, -0.25) is 19.3 Å². The Kier molecular flexibility index (Phi) is 8.72. The van der Waals surface area contributed by atoms with Gasteiger partial charge < -0.3 is 31.1 Å². The first kappa shape index (κ1) is 28.4. The number of β-lactam (4-membered cyclic amide) rings is 1. The number of carbonyl (C=O) groups is 4. The monoisotopic (exact) mass is 566 g/mol. The molecule has 188 valence electrons. The number of amides is 3. The van der Waals surface area contributed by atoms with Gasteiger partial charge in [-0.1, -0.05) is 5.16 Å². The van der Waals surface area contributed by atoms with Crippen LogP contribution in [0, 0.1) is 0 Å². The van der Waals surface area contributed by atoms with Crippen molar-refractivity contribution >= 4 is 67.5 Å². The number of hydrogen-bond donors (Lipinski definition) is 3. The third-order valence-electron chi connectivity index (χ3n) is 5.52. The van der Waals surface area contributed by atoms with Crippen LogP contribution in [-0.4, -0.2) is 93.2 Å². The number of anilines is 1. The average molecular weight is 567 g/mol. The van der Waals surface area contributed by atoms with Crippen LogP contribution in [0.5, 0.6) is 0 Å². The Morgan fingerprint density at radius 2 is 2.08 bits per heavy atom. The molecule has 1 aromatic rings. The molecule has 0 spiro atoms.